The third kappa shape index (κ3) is 8.88. The zero-order valence-electron chi connectivity index (χ0n) is 15.9. The quantitative estimate of drug-likeness (QED) is 0.231. The molecule has 2 rings (SSSR count). The van der Waals surface area contributed by atoms with Gasteiger partial charge in [0.1, 0.15) is 0 Å². The Kier molecular flexibility index (Phi) is 12.8. The van der Waals surface area contributed by atoms with E-state index >= 15 is 0 Å². The lowest BCUT2D eigenvalue weighted by atomic mass is 10.1. The number of hydrogen-bond acceptors (Lipinski definition) is 4. The SMILES string of the molecule is CN=C(NCCCOC1CCCC1)N1CCC(COCCOC)C1.I. The van der Waals surface area contributed by atoms with Crippen LogP contribution in [0, 0.1) is 5.92 Å². The molecular weight excluding hydrogens is 433 g/mol. The van der Waals surface area contributed by atoms with Gasteiger partial charge in [0.05, 0.1) is 25.9 Å². The van der Waals surface area contributed by atoms with Crippen molar-refractivity contribution in [2.75, 3.05) is 60.2 Å². The van der Waals surface area contributed by atoms with Crippen LogP contribution in [0.4, 0.5) is 0 Å². The van der Waals surface area contributed by atoms with Crippen molar-refractivity contribution < 1.29 is 14.2 Å². The Morgan fingerprint density at radius 1 is 1.16 bits per heavy atom. The highest BCUT2D eigenvalue weighted by molar-refractivity contribution is 14.0. The van der Waals surface area contributed by atoms with Crippen molar-refractivity contribution in [2.24, 2.45) is 10.9 Å². The van der Waals surface area contributed by atoms with Crippen molar-refractivity contribution in [3.63, 3.8) is 0 Å². The molecule has 7 heteroatoms. The second-order valence-electron chi connectivity index (χ2n) is 6.77. The smallest absolute Gasteiger partial charge is 0.193 e. The van der Waals surface area contributed by atoms with Crippen LogP contribution in [0.5, 0.6) is 0 Å². The van der Waals surface area contributed by atoms with E-state index in [1.807, 2.05) is 7.05 Å². The number of hydrogen-bond donors (Lipinski definition) is 1. The summed E-state index contributed by atoms with van der Waals surface area (Å²) in [6.07, 6.45) is 7.88. The van der Waals surface area contributed by atoms with Crippen LogP contribution in [-0.2, 0) is 14.2 Å². The van der Waals surface area contributed by atoms with Gasteiger partial charge in [-0.2, -0.15) is 0 Å². The van der Waals surface area contributed by atoms with Crippen LogP contribution in [0.1, 0.15) is 38.5 Å². The fourth-order valence-corrected chi connectivity index (χ4v) is 3.46. The largest absolute Gasteiger partial charge is 0.382 e. The summed E-state index contributed by atoms with van der Waals surface area (Å²) in [5.74, 6) is 1.60. The molecule has 148 valence electrons. The van der Waals surface area contributed by atoms with Gasteiger partial charge in [-0.05, 0) is 25.7 Å². The minimum Gasteiger partial charge on any atom is -0.382 e. The standard InChI is InChI=1S/C18H35N3O3.HI/c1-19-18(20-9-5-11-24-17-6-3-4-7-17)21-10-8-16(14-21)15-23-13-12-22-2;/h16-17H,3-15H2,1-2H3,(H,19,20);1H. The Morgan fingerprint density at radius 3 is 2.68 bits per heavy atom. The molecule has 0 radical (unpaired) electrons. The Morgan fingerprint density at radius 2 is 1.96 bits per heavy atom. The van der Waals surface area contributed by atoms with E-state index in [1.54, 1.807) is 7.11 Å². The predicted octanol–water partition coefficient (Wildman–Crippen LogP) is 2.51. The molecule has 1 N–H and O–H groups in total. The molecule has 0 aromatic heterocycles. The molecule has 1 saturated heterocycles. The third-order valence-electron chi connectivity index (χ3n) is 4.84. The highest BCUT2D eigenvalue weighted by atomic mass is 127. The number of aliphatic imine (C=N–C) groups is 1. The second kappa shape index (κ2) is 14.0. The summed E-state index contributed by atoms with van der Waals surface area (Å²) in [7, 11) is 3.56. The first-order valence-corrected chi connectivity index (χ1v) is 9.47. The monoisotopic (exact) mass is 469 g/mol. The molecule has 0 bridgehead atoms. The number of guanidine groups is 1. The van der Waals surface area contributed by atoms with Crippen molar-refractivity contribution in [3.05, 3.63) is 0 Å². The van der Waals surface area contributed by atoms with Gasteiger partial charge < -0.3 is 24.4 Å². The summed E-state index contributed by atoms with van der Waals surface area (Å²) >= 11 is 0. The number of nitrogens with one attached hydrogen (secondary N) is 1. The topological polar surface area (TPSA) is 55.3 Å². The van der Waals surface area contributed by atoms with Gasteiger partial charge in [-0.15, -0.1) is 24.0 Å². The van der Waals surface area contributed by atoms with E-state index in [2.05, 4.69) is 15.2 Å². The number of ether oxygens (including phenoxy) is 3. The molecular formula is C18H36IN3O3. The first kappa shape index (κ1) is 22.9. The van der Waals surface area contributed by atoms with Crippen molar-refractivity contribution in [2.45, 2.75) is 44.6 Å². The lowest BCUT2D eigenvalue weighted by Crippen LogP contribution is -2.40. The van der Waals surface area contributed by atoms with Crippen molar-refractivity contribution in [1.29, 1.82) is 0 Å². The molecule has 0 spiro atoms. The van der Waals surface area contributed by atoms with E-state index < -0.39 is 0 Å². The first-order valence-electron chi connectivity index (χ1n) is 9.47. The van der Waals surface area contributed by atoms with Crippen LogP contribution in [0.2, 0.25) is 0 Å². The molecule has 1 aliphatic heterocycles. The molecule has 25 heavy (non-hydrogen) atoms. The van der Waals surface area contributed by atoms with Crippen molar-refractivity contribution in [1.82, 2.24) is 10.2 Å². The highest BCUT2D eigenvalue weighted by Gasteiger charge is 2.24. The zero-order valence-corrected chi connectivity index (χ0v) is 18.2. The van der Waals surface area contributed by atoms with Crippen LogP contribution in [0.15, 0.2) is 4.99 Å². The minimum atomic E-state index is 0. The van der Waals surface area contributed by atoms with Crippen molar-refractivity contribution >= 4 is 29.9 Å². The minimum absolute atomic E-state index is 0. The predicted molar refractivity (Wildman–Crippen MR) is 112 cm³/mol. The summed E-state index contributed by atoms with van der Waals surface area (Å²) in [6, 6.07) is 0. The zero-order chi connectivity index (χ0) is 17.0. The number of likely N-dealkylation sites (tertiary alicyclic amines) is 1. The fourth-order valence-electron chi connectivity index (χ4n) is 3.46. The third-order valence-corrected chi connectivity index (χ3v) is 4.84. The van der Waals surface area contributed by atoms with Crippen LogP contribution >= 0.6 is 24.0 Å². The van der Waals surface area contributed by atoms with E-state index in [4.69, 9.17) is 14.2 Å². The van der Waals surface area contributed by atoms with Crippen LogP contribution < -0.4 is 5.32 Å². The lowest BCUT2D eigenvalue weighted by molar-refractivity contribution is 0.0536. The molecule has 0 aromatic carbocycles. The molecule has 1 heterocycles. The average Bonchev–Trinajstić information content (AvgIpc) is 3.27. The lowest BCUT2D eigenvalue weighted by Gasteiger charge is -2.22. The molecule has 2 aliphatic rings. The molecule has 2 fully saturated rings. The normalized spacial score (nSPS) is 21.6. The van der Waals surface area contributed by atoms with E-state index in [0.717, 1.165) is 45.2 Å². The van der Waals surface area contributed by atoms with E-state index in [0.29, 0.717) is 25.2 Å². The van der Waals surface area contributed by atoms with Gasteiger partial charge >= 0.3 is 0 Å². The van der Waals surface area contributed by atoms with E-state index in [9.17, 15) is 0 Å². The Labute approximate surface area is 170 Å². The van der Waals surface area contributed by atoms with Gasteiger partial charge in [0, 0.05) is 46.3 Å². The van der Waals surface area contributed by atoms with Gasteiger partial charge in [0.2, 0.25) is 0 Å². The molecule has 1 aliphatic carbocycles. The van der Waals surface area contributed by atoms with Gasteiger partial charge in [0.25, 0.3) is 0 Å². The molecule has 6 nitrogen and oxygen atoms in total. The summed E-state index contributed by atoms with van der Waals surface area (Å²) in [6.45, 7) is 6.01. The van der Waals surface area contributed by atoms with Crippen LogP contribution in [-0.4, -0.2) is 77.2 Å². The maximum absolute atomic E-state index is 5.90. The van der Waals surface area contributed by atoms with Crippen molar-refractivity contribution in [3.8, 4) is 0 Å². The number of halogens is 1. The first-order chi connectivity index (χ1) is 11.8. The number of rotatable bonds is 10. The van der Waals surface area contributed by atoms with Gasteiger partial charge in [-0.3, -0.25) is 4.99 Å². The summed E-state index contributed by atoms with van der Waals surface area (Å²) in [5.41, 5.74) is 0. The van der Waals surface area contributed by atoms with E-state index in [-0.39, 0.29) is 24.0 Å². The molecule has 1 atom stereocenters. The second-order valence-corrected chi connectivity index (χ2v) is 6.77. The Bertz CT molecular complexity index is 365. The van der Waals surface area contributed by atoms with Gasteiger partial charge in [0.15, 0.2) is 5.96 Å². The molecule has 1 unspecified atom stereocenters. The molecule has 0 aromatic rings. The Balaban J connectivity index is 0.00000312. The van der Waals surface area contributed by atoms with Gasteiger partial charge in [-0.25, -0.2) is 0 Å². The number of methoxy groups -OCH3 is 1. The summed E-state index contributed by atoms with van der Waals surface area (Å²) in [5, 5.41) is 3.47. The average molecular weight is 469 g/mol. The summed E-state index contributed by atoms with van der Waals surface area (Å²) < 4.78 is 16.6. The molecule has 1 saturated carbocycles. The molecule has 0 amide bonds. The maximum atomic E-state index is 5.90. The van der Waals surface area contributed by atoms with Crippen LogP contribution in [0.25, 0.3) is 0 Å². The Hall–Kier alpha value is -0.120. The maximum Gasteiger partial charge on any atom is 0.193 e. The summed E-state index contributed by atoms with van der Waals surface area (Å²) in [4.78, 5) is 6.75. The number of nitrogens with zero attached hydrogens (tertiary/aromatic N) is 2. The highest BCUT2D eigenvalue weighted by Crippen LogP contribution is 2.20. The van der Waals surface area contributed by atoms with E-state index in [1.165, 1.54) is 32.1 Å². The fraction of sp³-hybridized carbons (Fsp3) is 0.944. The van der Waals surface area contributed by atoms with Gasteiger partial charge in [-0.1, -0.05) is 12.8 Å². The van der Waals surface area contributed by atoms with Crippen LogP contribution in [0.3, 0.4) is 0 Å².